The molecule has 23 heavy (non-hydrogen) atoms. The second kappa shape index (κ2) is 7.39. The summed E-state index contributed by atoms with van der Waals surface area (Å²) in [6.45, 7) is 3.32. The Morgan fingerprint density at radius 3 is 2.83 bits per heavy atom. The number of benzene rings is 1. The van der Waals surface area contributed by atoms with Gasteiger partial charge in [-0.2, -0.15) is 11.8 Å². The van der Waals surface area contributed by atoms with Gasteiger partial charge in [0.1, 0.15) is 0 Å². The van der Waals surface area contributed by atoms with E-state index in [-0.39, 0.29) is 17.7 Å². The van der Waals surface area contributed by atoms with E-state index in [9.17, 15) is 9.59 Å². The van der Waals surface area contributed by atoms with Gasteiger partial charge in [0, 0.05) is 25.2 Å². The molecule has 2 heterocycles. The molecule has 4 nitrogen and oxygen atoms in total. The Morgan fingerprint density at radius 2 is 2.13 bits per heavy atom. The first-order valence-corrected chi connectivity index (χ1v) is 9.58. The van der Waals surface area contributed by atoms with E-state index in [0.29, 0.717) is 13.0 Å². The van der Waals surface area contributed by atoms with Gasteiger partial charge in [0.05, 0.1) is 5.92 Å². The van der Waals surface area contributed by atoms with Crippen LogP contribution in [0.5, 0.6) is 0 Å². The summed E-state index contributed by atoms with van der Waals surface area (Å²) in [5, 5.41) is 3.02. The molecule has 0 saturated carbocycles. The summed E-state index contributed by atoms with van der Waals surface area (Å²) in [6.07, 6.45) is 2.27. The van der Waals surface area contributed by atoms with E-state index in [4.69, 9.17) is 0 Å². The van der Waals surface area contributed by atoms with E-state index in [1.54, 1.807) is 4.90 Å². The molecule has 124 valence electrons. The summed E-state index contributed by atoms with van der Waals surface area (Å²) in [5.74, 6) is 3.07. The maximum atomic E-state index is 12.3. The molecule has 1 aromatic rings. The summed E-state index contributed by atoms with van der Waals surface area (Å²) < 4.78 is 0. The first-order valence-electron chi connectivity index (χ1n) is 8.42. The maximum absolute atomic E-state index is 12.3. The molecule has 1 atom stereocenters. The Bertz CT molecular complexity index is 586. The van der Waals surface area contributed by atoms with Gasteiger partial charge in [-0.1, -0.05) is 25.1 Å². The van der Waals surface area contributed by atoms with Crippen molar-refractivity contribution in [3.8, 4) is 0 Å². The number of carbonyl (C=O) groups is 2. The highest BCUT2D eigenvalue weighted by atomic mass is 32.2. The molecule has 0 spiro atoms. The van der Waals surface area contributed by atoms with Gasteiger partial charge in [-0.3, -0.25) is 9.59 Å². The molecule has 5 heteroatoms. The molecule has 1 unspecified atom stereocenters. The highest BCUT2D eigenvalue weighted by Crippen LogP contribution is 2.29. The fraction of sp³-hybridized carbons (Fsp3) is 0.556. The van der Waals surface area contributed by atoms with E-state index in [0.717, 1.165) is 36.6 Å². The summed E-state index contributed by atoms with van der Waals surface area (Å²) >= 11 is 1.97. The van der Waals surface area contributed by atoms with Gasteiger partial charge in [0.15, 0.2) is 0 Å². The normalized spacial score (nSPS) is 21.3. The second-order valence-electron chi connectivity index (χ2n) is 6.37. The van der Waals surface area contributed by atoms with Crippen molar-refractivity contribution in [2.24, 2.45) is 11.8 Å². The Balaban J connectivity index is 1.57. The van der Waals surface area contributed by atoms with Gasteiger partial charge in [-0.25, -0.2) is 0 Å². The molecular weight excluding hydrogens is 308 g/mol. The third-order valence-electron chi connectivity index (χ3n) is 4.72. The van der Waals surface area contributed by atoms with Crippen molar-refractivity contribution >= 4 is 29.3 Å². The van der Waals surface area contributed by atoms with Crippen LogP contribution >= 0.6 is 11.8 Å². The van der Waals surface area contributed by atoms with Crippen LogP contribution < -0.4 is 10.2 Å². The predicted octanol–water partition coefficient (Wildman–Crippen LogP) is 2.47. The summed E-state index contributed by atoms with van der Waals surface area (Å²) in [6, 6.07) is 7.97. The van der Waals surface area contributed by atoms with Gasteiger partial charge in [-0.15, -0.1) is 0 Å². The molecule has 1 N–H and O–H groups in total. The van der Waals surface area contributed by atoms with E-state index >= 15 is 0 Å². The van der Waals surface area contributed by atoms with Crippen molar-refractivity contribution in [1.29, 1.82) is 0 Å². The number of carbonyl (C=O) groups excluding carboxylic acids is 2. The fourth-order valence-corrected chi connectivity index (χ4v) is 4.09. The number of aryl methyl sites for hydroxylation is 1. The van der Waals surface area contributed by atoms with Crippen LogP contribution in [0.1, 0.15) is 25.3 Å². The molecule has 2 amide bonds. The lowest BCUT2D eigenvalue weighted by molar-refractivity contribution is -0.126. The molecule has 0 aromatic heterocycles. The lowest BCUT2D eigenvalue weighted by atomic mass is 10.1. The monoisotopic (exact) mass is 332 g/mol. The highest BCUT2D eigenvalue weighted by molar-refractivity contribution is 8.00. The molecule has 3 rings (SSSR count). The zero-order valence-electron chi connectivity index (χ0n) is 13.6. The van der Waals surface area contributed by atoms with Crippen LogP contribution in [-0.2, 0) is 16.0 Å². The van der Waals surface area contributed by atoms with E-state index in [2.05, 4.69) is 12.2 Å². The molecule has 2 aliphatic rings. The molecule has 2 saturated heterocycles. The highest BCUT2D eigenvalue weighted by Gasteiger charge is 2.35. The summed E-state index contributed by atoms with van der Waals surface area (Å²) in [4.78, 5) is 26.4. The number of nitrogens with zero attached hydrogens (tertiary/aromatic N) is 1. The standard InChI is InChI=1S/C18H24N2O2S/c1-2-14-5-3-4-6-16(14)20-10-15(9-17(20)21)18(22)19-8-7-13-11-23-12-13/h3-6,13,15H,2,7-12H2,1H3,(H,19,22). The number of rotatable bonds is 6. The van der Waals surface area contributed by atoms with E-state index < -0.39 is 0 Å². The van der Waals surface area contributed by atoms with Crippen LogP contribution in [0.3, 0.4) is 0 Å². The number of hydrogen-bond acceptors (Lipinski definition) is 3. The number of hydrogen-bond donors (Lipinski definition) is 1. The summed E-state index contributed by atoms with van der Waals surface area (Å²) in [5.41, 5.74) is 2.12. The van der Waals surface area contributed by atoms with Crippen molar-refractivity contribution in [1.82, 2.24) is 5.32 Å². The van der Waals surface area contributed by atoms with Crippen LogP contribution in [0.2, 0.25) is 0 Å². The Kier molecular flexibility index (Phi) is 5.26. The van der Waals surface area contributed by atoms with Gasteiger partial charge in [-0.05, 0) is 41.9 Å². The minimum atomic E-state index is -0.219. The number of nitrogens with one attached hydrogen (secondary N) is 1. The zero-order chi connectivity index (χ0) is 16.2. The average molecular weight is 332 g/mol. The molecule has 2 fully saturated rings. The predicted molar refractivity (Wildman–Crippen MR) is 94.7 cm³/mol. The first kappa shape index (κ1) is 16.4. The fourth-order valence-electron chi connectivity index (χ4n) is 3.18. The van der Waals surface area contributed by atoms with Gasteiger partial charge >= 0.3 is 0 Å². The van der Waals surface area contributed by atoms with Crippen LogP contribution in [0.4, 0.5) is 5.69 Å². The second-order valence-corrected chi connectivity index (χ2v) is 7.45. The number of para-hydroxylation sites is 1. The van der Waals surface area contributed by atoms with Crippen molar-refractivity contribution < 1.29 is 9.59 Å². The third kappa shape index (κ3) is 3.71. The topological polar surface area (TPSA) is 49.4 Å². The number of anilines is 1. The minimum absolute atomic E-state index is 0.0295. The Labute approximate surface area is 142 Å². The van der Waals surface area contributed by atoms with Crippen molar-refractivity contribution in [2.75, 3.05) is 29.5 Å². The minimum Gasteiger partial charge on any atom is -0.356 e. The van der Waals surface area contributed by atoms with Gasteiger partial charge < -0.3 is 10.2 Å². The zero-order valence-corrected chi connectivity index (χ0v) is 14.4. The SMILES string of the molecule is CCc1ccccc1N1CC(C(=O)NCCC2CSC2)CC1=O. The maximum Gasteiger partial charge on any atom is 0.227 e. The molecule has 0 bridgehead atoms. The quantitative estimate of drug-likeness (QED) is 0.871. The third-order valence-corrected chi connectivity index (χ3v) is 6.13. The van der Waals surface area contributed by atoms with Crippen LogP contribution in [0, 0.1) is 11.8 Å². The lowest BCUT2D eigenvalue weighted by Crippen LogP contribution is -2.35. The van der Waals surface area contributed by atoms with Crippen LogP contribution in [-0.4, -0.2) is 36.4 Å². The molecule has 0 radical (unpaired) electrons. The first-order chi connectivity index (χ1) is 11.2. The molecule has 0 aliphatic carbocycles. The average Bonchev–Trinajstić information content (AvgIpc) is 2.91. The Morgan fingerprint density at radius 1 is 1.35 bits per heavy atom. The van der Waals surface area contributed by atoms with E-state index in [1.165, 1.54) is 11.5 Å². The molecular formula is C18H24N2O2S. The van der Waals surface area contributed by atoms with Crippen LogP contribution in [0.15, 0.2) is 24.3 Å². The number of amides is 2. The van der Waals surface area contributed by atoms with Crippen molar-refractivity contribution in [3.63, 3.8) is 0 Å². The lowest BCUT2D eigenvalue weighted by Gasteiger charge is -2.25. The van der Waals surface area contributed by atoms with E-state index in [1.807, 2.05) is 36.0 Å². The molecule has 2 aliphatic heterocycles. The van der Waals surface area contributed by atoms with Crippen LogP contribution in [0.25, 0.3) is 0 Å². The number of thioether (sulfide) groups is 1. The smallest absolute Gasteiger partial charge is 0.227 e. The van der Waals surface area contributed by atoms with Gasteiger partial charge in [0.2, 0.25) is 11.8 Å². The van der Waals surface area contributed by atoms with Crippen molar-refractivity contribution in [3.05, 3.63) is 29.8 Å². The van der Waals surface area contributed by atoms with Crippen molar-refractivity contribution in [2.45, 2.75) is 26.2 Å². The summed E-state index contributed by atoms with van der Waals surface area (Å²) in [7, 11) is 0. The largest absolute Gasteiger partial charge is 0.356 e. The molecule has 1 aromatic carbocycles. The van der Waals surface area contributed by atoms with Gasteiger partial charge in [0.25, 0.3) is 0 Å². The Hall–Kier alpha value is -1.49.